The predicted molar refractivity (Wildman–Crippen MR) is 161 cm³/mol. The van der Waals surface area contributed by atoms with Crippen LogP contribution in [0, 0.1) is 0 Å². The fourth-order valence-corrected chi connectivity index (χ4v) is 3.84. The highest BCUT2D eigenvalue weighted by Crippen LogP contribution is 2.17. The maximum absolute atomic E-state index is 12.5. The van der Waals surface area contributed by atoms with Gasteiger partial charge < -0.3 is 18.9 Å². The van der Waals surface area contributed by atoms with Crippen LogP contribution < -0.4 is 18.9 Å². The number of ketones is 2. The van der Waals surface area contributed by atoms with E-state index in [2.05, 4.69) is 0 Å². The van der Waals surface area contributed by atoms with E-state index in [0.29, 0.717) is 42.3 Å². The third-order valence-corrected chi connectivity index (χ3v) is 6.19. The van der Waals surface area contributed by atoms with Gasteiger partial charge in [-0.15, -0.1) is 0 Å². The van der Waals surface area contributed by atoms with Crippen LogP contribution in [0.5, 0.6) is 23.0 Å². The molecule has 0 radical (unpaired) electrons. The van der Waals surface area contributed by atoms with E-state index in [1.54, 1.807) is 87.1 Å². The molecule has 0 spiro atoms. The van der Waals surface area contributed by atoms with Gasteiger partial charge in [-0.05, 0) is 96.1 Å². The van der Waals surface area contributed by atoms with Crippen molar-refractivity contribution in [3.63, 3.8) is 0 Å². The van der Waals surface area contributed by atoms with E-state index in [-0.39, 0.29) is 11.6 Å². The lowest BCUT2D eigenvalue weighted by Crippen LogP contribution is -2.05. The molecular weight excluding hydrogens is 516 g/mol. The van der Waals surface area contributed by atoms with Crippen LogP contribution >= 0.6 is 0 Å². The lowest BCUT2D eigenvalue weighted by Gasteiger charge is -2.09. The predicted octanol–water partition coefficient (Wildman–Crippen LogP) is 7.34. The first-order valence-corrected chi connectivity index (χ1v) is 13.2. The van der Waals surface area contributed by atoms with Crippen molar-refractivity contribution in [3.05, 3.63) is 131 Å². The van der Waals surface area contributed by atoms with Gasteiger partial charge in [0, 0.05) is 17.5 Å². The molecule has 0 unspecified atom stereocenters. The van der Waals surface area contributed by atoms with Crippen molar-refractivity contribution in [2.24, 2.45) is 0 Å². The Morgan fingerprint density at radius 1 is 0.512 bits per heavy atom. The van der Waals surface area contributed by atoms with Crippen LogP contribution in [0.2, 0.25) is 0 Å². The summed E-state index contributed by atoms with van der Waals surface area (Å²) in [4.78, 5) is 24.9. The molecule has 0 aliphatic rings. The number of allylic oxidation sites excluding steroid dienone is 2. The summed E-state index contributed by atoms with van der Waals surface area (Å²) in [6.45, 7) is 0.939. The van der Waals surface area contributed by atoms with Crippen molar-refractivity contribution < 1.29 is 28.5 Å². The van der Waals surface area contributed by atoms with Crippen molar-refractivity contribution in [2.45, 2.75) is 6.42 Å². The van der Waals surface area contributed by atoms with Gasteiger partial charge in [0.2, 0.25) is 0 Å². The van der Waals surface area contributed by atoms with Gasteiger partial charge in [-0.2, -0.15) is 0 Å². The topological polar surface area (TPSA) is 71.1 Å². The molecule has 6 heteroatoms. The minimum Gasteiger partial charge on any atom is -0.497 e. The first-order valence-electron chi connectivity index (χ1n) is 13.2. The fraction of sp³-hybridized carbons (Fsp3) is 0.143. The molecule has 0 aliphatic carbocycles. The Bertz CT molecular complexity index is 1350. The number of rotatable bonds is 14. The molecular formula is C35H32O6. The van der Waals surface area contributed by atoms with E-state index in [4.69, 9.17) is 18.9 Å². The van der Waals surface area contributed by atoms with E-state index in [9.17, 15) is 9.59 Å². The molecule has 4 rings (SSSR count). The van der Waals surface area contributed by atoms with Gasteiger partial charge in [-0.25, -0.2) is 0 Å². The van der Waals surface area contributed by atoms with Gasteiger partial charge in [0.25, 0.3) is 0 Å². The Labute approximate surface area is 240 Å². The molecule has 0 aliphatic heterocycles. The van der Waals surface area contributed by atoms with E-state index in [0.717, 1.165) is 22.6 Å². The van der Waals surface area contributed by atoms with Gasteiger partial charge in [0.15, 0.2) is 11.6 Å². The Balaban J connectivity index is 1.16. The molecule has 0 heterocycles. The monoisotopic (exact) mass is 548 g/mol. The minimum absolute atomic E-state index is 0.0817. The summed E-state index contributed by atoms with van der Waals surface area (Å²) in [5.41, 5.74) is 3.01. The first kappa shape index (κ1) is 28.9. The Morgan fingerprint density at radius 2 is 0.854 bits per heavy atom. The van der Waals surface area contributed by atoms with Crippen molar-refractivity contribution in [1.29, 1.82) is 0 Å². The molecule has 0 amide bonds. The second kappa shape index (κ2) is 14.9. The van der Waals surface area contributed by atoms with Gasteiger partial charge in [-0.3, -0.25) is 9.59 Å². The average molecular weight is 549 g/mol. The maximum Gasteiger partial charge on any atom is 0.185 e. The average Bonchev–Trinajstić information content (AvgIpc) is 3.03. The zero-order valence-corrected chi connectivity index (χ0v) is 23.1. The number of carbonyl (C=O) groups excluding carboxylic acids is 2. The van der Waals surface area contributed by atoms with Gasteiger partial charge in [-0.1, -0.05) is 36.4 Å². The second-order valence-corrected chi connectivity index (χ2v) is 9.04. The number of methoxy groups -OCH3 is 2. The van der Waals surface area contributed by atoms with Crippen molar-refractivity contribution >= 4 is 23.7 Å². The summed E-state index contributed by atoms with van der Waals surface area (Å²) < 4.78 is 21.8. The smallest absolute Gasteiger partial charge is 0.185 e. The third kappa shape index (κ3) is 8.97. The Hall–Kier alpha value is -5.10. The minimum atomic E-state index is -0.0817. The highest BCUT2D eigenvalue weighted by molar-refractivity contribution is 6.07. The van der Waals surface area contributed by atoms with E-state index >= 15 is 0 Å². The highest BCUT2D eigenvalue weighted by atomic mass is 16.5. The summed E-state index contributed by atoms with van der Waals surface area (Å²) in [5.74, 6) is 2.75. The van der Waals surface area contributed by atoms with Crippen LogP contribution in [-0.2, 0) is 0 Å². The summed E-state index contributed by atoms with van der Waals surface area (Å²) in [7, 11) is 3.23. The number of hydrogen-bond donors (Lipinski definition) is 0. The second-order valence-electron chi connectivity index (χ2n) is 9.04. The highest BCUT2D eigenvalue weighted by Gasteiger charge is 2.05. The molecule has 0 fully saturated rings. The summed E-state index contributed by atoms with van der Waals surface area (Å²) in [6.07, 6.45) is 7.33. The van der Waals surface area contributed by atoms with Crippen LogP contribution in [0.25, 0.3) is 12.2 Å². The first-order chi connectivity index (χ1) is 20.0. The number of carbonyl (C=O) groups is 2. The van der Waals surface area contributed by atoms with E-state index in [1.165, 1.54) is 0 Å². The van der Waals surface area contributed by atoms with Crippen LogP contribution in [0.15, 0.2) is 109 Å². The quantitative estimate of drug-likeness (QED) is 0.0933. The van der Waals surface area contributed by atoms with Gasteiger partial charge >= 0.3 is 0 Å². The van der Waals surface area contributed by atoms with E-state index in [1.807, 2.05) is 48.5 Å². The van der Waals surface area contributed by atoms with Crippen molar-refractivity contribution in [1.82, 2.24) is 0 Å². The molecule has 0 saturated heterocycles. The fourth-order valence-electron chi connectivity index (χ4n) is 3.84. The molecule has 0 atom stereocenters. The SMILES string of the molecule is COc1ccc(/C=C/C(=O)c2ccc(OCCCOc3ccc(C(=O)/C=C/c4ccc(OC)cc4)cc3)cc2)cc1. The molecule has 6 nitrogen and oxygen atoms in total. The molecule has 0 bridgehead atoms. The largest absolute Gasteiger partial charge is 0.497 e. The molecule has 4 aromatic rings. The molecule has 4 aromatic carbocycles. The number of benzene rings is 4. The Kier molecular flexibility index (Phi) is 10.5. The van der Waals surface area contributed by atoms with Crippen LogP contribution in [0.3, 0.4) is 0 Å². The normalized spacial score (nSPS) is 11.0. The molecule has 0 aromatic heterocycles. The molecule has 208 valence electrons. The Morgan fingerprint density at radius 3 is 1.20 bits per heavy atom. The number of hydrogen-bond acceptors (Lipinski definition) is 6. The van der Waals surface area contributed by atoms with Crippen molar-refractivity contribution in [3.8, 4) is 23.0 Å². The summed E-state index contributed by atoms with van der Waals surface area (Å²) in [6, 6.07) is 29.1. The molecule has 41 heavy (non-hydrogen) atoms. The lowest BCUT2D eigenvalue weighted by molar-refractivity contribution is 0.103. The summed E-state index contributed by atoms with van der Waals surface area (Å²) >= 11 is 0. The summed E-state index contributed by atoms with van der Waals surface area (Å²) in [5, 5.41) is 0. The van der Waals surface area contributed by atoms with Crippen LogP contribution in [0.4, 0.5) is 0 Å². The standard InChI is InChI=1S/C35H32O6/c1-38-30-14-4-26(5-15-30)8-22-34(36)28-10-18-32(19-11-28)40-24-3-25-41-33-20-12-29(13-21-33)35(37)23-9-27-6-16-31(39-2)17-7-27/h4-23H,3,24-25H2,1-2H3/b22-8+,23-9+. The lowest BCUT2D eigenvalue weighted by atomic mass is 10.1. The van der Waals surface area contributed by atoms with Crippen LogP contribution in [0.1, 0.15) is 38.3 Å². The zero-order valence-electron chi connectivity index (χ0n) is 23.1. The number of ether oxygens (including phenoxy) is 4. The van der Waals surface area contributed by atoms with Crippen molar-refractivity contribution in [2.75, 3.05) is 27.4 Å². The zero-order chi connectivity index (χ0) is 28.9. The molecule has 0 saturated carbocycles. The van der Waals surface area contributed by atoms with Gasteiger partial charge in [0.1, 0.15) is 23.0 Å². The third-order valence-electron chi connectivity index (χ3n) is 6.19. The maximum atomic E-state index is 12.5. The molecule has 0 N–H and O–H groups in total. The van der Waals surface area contributed by atoms with Gasteiger partial charge in [0.05, 0.1) is 27.4 Å². The van der Waals surface area contributed by atoms with E-state index < -0.39 is 0 Å². The van der Waals surface area contributed by atoms with Crippen LogP contribution in [-0.4, -0.2) is 39.0 Å².